The van der Waals surface area contributed by atoms with E-state index < -0.39 is 0 Å². The number of rotatable bonds is 6. The summed E-state index contributed by atoms with van der Waals surface area (Å²) < 4.78 is 6.02. The van der Waals surface area contributed by atoms with Crippen LogP contribution in [-0.4, -0.2) is 25.5 Å². The van der Waals surface area contributed by atoms with Crippen LogP contribution >= 0.6 is 22.6 Å². The number of para-hydroxylation sites is 1. The van der Waals surface area contributed by atoms with Crippen LogP contribution in [0.25, 0.3) is 0 Å². The van der Waals surface area contributed by atoms with Crippen LogP contribution in [0.1, 0.15) is 20.7 Å². The molecule has 5 nitrogen and oxygen atoms in total. The molecule has 0 aromatic heterocycles. The first-order valence-electron chi connectivity index (χ1n) is 7.20. The Hall–Kier alpha value is -2.35. The molecular weight excluding hydrogens is 419 g/mol. The second kappa shape index (κ2) is 8.49. The maximum atomic E-state index is 12.5. The molecule has 0 aliphatic carbocycles. The fourth-order valence-corrected chi connectivity index (χ4v) is 2.79. The topological polar surface area (TPSA) is 67.4 Å². The number of carbonyl (C=O) groups is 2. The minimum absolute atomic E-state index is 0.268. The van der Waals surface area contributed by atoms with E-state index in [1.807, 2.05) is 0 Å². The third kappa shape index (κ3) is 4.35. The first-order valence-corrected chi connectivity index (χ1v) is 8.27. The smallest absolute Gasteiger partial charge is 0.255 e. The van der Waals surface area contributed by atoms with Gasteiger partial charge in [0.05, 0.1) is 21.9 Å². The lowest BCUT2D eigenvalue weighted by atomic mass is 10.1. The van der Waals surface area contributed by atoms with E-state index in [9.17, 15) is 9.59 Å². The molecule has 2 aromatic rings. The molecule has 2 rings (SSSR count). The van der Waals surface area contributed by atoms with Crippen molar-refractivity contribution in [2.24, 2.45) is 0 Å². The third-order valence-electron chi connectivity index (χ3n) is 3.24. The number of hydrogen-bond donors (Lipinski definition) is 2. The van der Waals surface area contributed by atoms with Crippen LogP contribution in [0.5, 0.6) is 5.75 Å². The van der Waals surface area contributed by atoms with Crippen LogP contribution in [0.3, 0.4) is 0 Å². The molecule has 0 aliphatic rings. The van der Waals surface area contributed by atoms with Gasteiger partial charge in [0.25, 0.3) is 11.8 Å². The first kappa shape index (κ1) is 18.0. The van der Waals surface area contributed by atoms with Gasteiger partial charge in [-0.3, -0.25) is 9.59 Å². The molecule has 0 aliphatic heterocycles. The number of halogens is 1. The highest BCUT2D eigenvalue weighted by molar-refractivity contribution is 14.1. The zero-order valence-electron chi connectivity index (χ0n) is 13.1. The number of nitrogens with one attached hydrogen (secondary N) is 2. The number of ether oxygens (including phenoxy) is 1. The van der Waals surface area contributed by atoms with Gasteiger partial charge in [-0.25, -0.2) is 0 Å². The molecule has 0 atom stereocenters. The molecule has 6 heteroatoms. The fourth-order valence-electron chi connectivity index (χ4n) is 2.05. The molecule has 2 aromatic carbocycles. The predicted octanol–water partition coefficient (Wildman–Crippen LogP) is 3.47. The Balaban J connectivity index is 2.21. The maximum Gasteiger partial charge on any atom is 0.255 e. The van der Waals surface area contributed by atoms with E-state index in [1.165, 1.54) is 0 Å². The zero-order chi connectivity index (χ0) is 17.5. The van der Waals surface area contributed by atoms with E-state index in [-0.39, 0.29) is 11.8 Å². The number of amides is 2. The van der Waals surface area contributed by atoms with Gasteiger partial charge in [0.1, 0.15) is 5.75 Å². The Morgan fingerprint density at radius 2 is 1.96 bits per heavy atom. The Kier molecular flexibility index (Phi) is 6.36. The zero-order valence-corrected chi connectivity index (χ0v) is 15.3. The number of hydrogen-bond acceptors (Lipinski definition) is 3. The molecule has 2 amide bonds. The van der Waals surface area contributed by atoms with Gasteiger partial charge >= 0.3 is 0 Å². The van der Waals surface area contributed by atoms with Crippen molar-refractivity contribution in [3.63, 3.8) is 0 Å². The van der Waals surface area contributed by atoms with E-state index >= 15 is 0 Å². The Morgan fingerprint density at radius 1 is 1.21 bits per heavy atom. The molecule has 2 N–H and O–H groups in total. The average molecular weight is 436 g/mol. The minimum Gasteiger partial charge on any atom is -0.496 e. The van der Waals surface area contributed by atoms with E-state index in [0.717, 1.165) is 3.57 Å². The van der Waals surface area contributed by atoms with E-state index in [0.29, 0.717) is 29.1 Å². The van der Waals surface area contributed by atoms with Gasteiger partial charge in [0.15, 0.2) is 0 Å². The monoisotopic (exact) mass is 436 g/mol. The van der Waals surface area contributed by atoms with Gasteiger partial charge in [-0.05, 0) is 52.9 Å². The summed E-state index contributed by atoms with van der Waals surface area (Å²) in [5.74, 6) is 0.144. The summed E-state index contributed by atoms with van der Waals surface area (Å²) in [6, 6.07) is 12.0. The maximum absolute atomic E-state index is 12.5. The van der Waals surface area contributed by atoms with Gasteiger partial charge in [-0.15, -0.1) is 6.58 Å². The molecule has 0 saturated carbocycles. The van der Waals surface area contributed by atoms with Crippen LogP contribution in [0.15, 0.2) is 55.1 Å². The second-order valence-corrected chi connectivity index (χ2v) is 6.01. The van der Waals surface area contributed by atoms with Crippen molar-refractivity contribution >= 4 is 40.1 Å². The van der Waals surface area contributed by atoms with Crippen molar-refractivity contribution in [3.8, 4) is 5.75 Å². The molecule has 124 valence electrons. The standard InChI is InChI=1S/C18H17IN2O3/c1-3-10-20-18(23)13-6-4-5-7-15(13)21-17(22)12-8-9-16(24-2)14(19)11-12/h3-9,11H,1,10H2,2H3,(H,20,23)(H,21,22). The van der Waals surface area contributed by atoms with Gasteiger partial charge in [-0.2, -0.15) is 0 Å². The molecule has 0 bridgehead atoms. The summed E-state index contributed by atoms with van der Waals surface area (Å²) in [4.78, 5) is 24.6. The SMILES string of the molecule is C=CCNC(=O)c1ccccc1NC(=O)c1ccc(OC)c(I)c1. The van der Waals surface area contributed by atoms with E-state index in [4.69, 9.17) is 4.74 Å². The lowest BCUT2D eigenvalue weighted by molar-refractivity contribution is 0.0959. The normalized spacial score (nSPS) is 9.92. The molecule has 0 radical (unpaired) electrons. The van der Waals surface area contributed by atoms with E-state index in [2.05, 4.69) is 39.8 Å². The summed E-state index contributed by atoms with van der Waals surface area (Å²) in [5.41, 5.74) is 1.34. The first-order chi connectivity index (χ1) is 11.6. The van der Waals surface area contributed by atoms with Crippen molar-refractivity contribution in [1.82, 2.24) is 5.32 Å². The summed E-state index contributed by atoms with van der Waals surface area (Å²) in [6.45, 7) is 3.92. The number of methoxy groups -OCH3 is 1. The number of anilines is 1. The van der Waals surface area contributed by atoms with Crippen LogP contribution in [0, 0.1) is 3.57 Å². The second-order valence-electron chi connectivity index (χ2n) is 4.85. The van der Waals surface area contributed by atoms with Crippen LogP contribution in [0.2, 0.25) is 0 Å². The van der Waals surface area contributed by atoms with Crippen molar-refractivity contribution in [2.75, 3.05) is 19.0 Å². The highest BCUT2D eigenvalue weighted by atomic mass is 127. The Morgan fingerprint density at radius 3 is 2.62 bits per heavy atom. The van der Waals surface area contributed by atoms with Crippen LogP contribution in [-0.2, 0) is 0 Å². The van der Waals surface area contributed by atoms with Crippen molar-refractivity contribution < 1.29 is 14.3 Å². The minimum atomic E-state index is -0.292. The van der Waals surface area contributed by atoms with Gasteiger partial charge < -0.3 is 15.4 Å². The van der Waals surface area contributed by atoms with Crippen molar-refractivity contribution in [2.45, 2.75) is 0 Å². The lowest BCUT2D eigenvalue weighted by Gasteiger charge is -2.11. The highest BCUT2D eigenvalue weighted by Gasteiger charge is 2.14. The fraction of sp³-hybridized carbons (Fsp3) is 0.111. The largest absolute Gasteiger partial charge is 0.496 e. The van der Waals surface area contributed by atoms with E-state index in [1.54, 1.807) is 55.7 Å². The van der Waals surface area contributed by atoms with Crippen LogP contribution < -0.4 is 15.4 Å². The summed E-state index contributed by atoms with van der Waals surface area (Å²) in [5, 5.41) is 5.48. The molecule has 24 heavy (non-hydrogen) atoms. The predicted molar refractivity (Wildman–Crippen MR) is 103 cm³/mol. The van der Waals surface area contributed by atoms with Crippen molar-refractivity contribution in [1.29, 1.82) is 0 Å². The van der Waals surface area contributed by atoms with Gasteiger partial charge in [0.2, 0.25) is 0 Å². The van der Waals surface area contributed by atoms with Gasteiger partial charge in [-0.1, -0.05) is 18.2 Å². The molecule has 0 saturated heterocycles. The molecule has 0 spiro atoms. The number of benzene rings is 2. The van der Waals surface area contributed by atoms with Crippen LogP contribution in [0.4, 0.5) is 5.69 Å². The molecule has 0 heterocycles. The highest BCUT2D eigenvalue weighted by Crippen LogP contribution is 2.23. The summed E-state index contributed by atoms with van der Waals surface area (Å²) >= 11 is 2.10. The molecule has 0 fully saturated rings. The number of carbonyl (C=O) groups excluding carboxylic acids is 2. The Labute approximate surface area is 154 Å². The summed E-state index contributed by atoms with van der Waals surface area (Å²) in [6.07, 6.45) is 1.60. The Bertz CT molecular complexity index is 775. The molecular formula is C18H17IN2O3. The average Bonchev–Trinajstić information content (AvgIpc) is 2.60. The molecule has 0 unspecified atom stereocenters. The van der Waals surface area contributed by atoms with Crippen molar-refractivity contribution in [3.05, 3.63) is 69.8 Å². The van der Waals surface area contributed by atoms with Gasteiger partial charge in [0, 0.05) is 12.1 Å². The quantitative estimate of drug-likeness (QED) is 0.539. The summed E-state index contributed by atoms with van der Waals surface area (Å²) in [7, 11) is 1.58. The third-order valence-corrected chi connectivity index (χ3v) is 4.08. The lowest BCUT2D eigenvalue weighted by Crippen LogP contribution is -2.25.